The van der Waals surface area contributed by atoms with Gasteiger partial charge >= 0.3 is 0 Å². The summed E-state index contributed by atoms with van der Waals surface area (Å²) in [6.45, 7) is 8.09. The number of rotatable bonds is 0. The number of hydrogen-bond donors (Lipinski definition) is 0. The van der Waals surface area contributed by atoms with E-state index in [1.54, 1.807) is 0 Å². The summed E-state index contributed by atoms with van der Waals surface area (Å²) in [4.78, 5) is 0. The summed E-state index contributed by atoms with van der Waals surface area (Å²) in [5, 5.41) is 0.738. The molecular weight excluding hydrogens is 207 g/mol. The minimum Gasteiger partial charge on any atom is -0.485 e. The van der Waals surface area contributed by atoms with Gasteiger partial charge in [0.25, 0.3) is 0 Å². The van der Waals surface area contributed by atoms with Gasteiger partial charge in [0.05, 0.1) is 5.30 Å². The van der Waals surface area contributed by atoms with Crippen LogP contribution in [0.1, 0.15) is 26.3 Å². The third-order valence-corrected chi connectivity index (χ3v) is 7.00. The SMILES string of the molecule is Cc1cccc2c1[P@](=O)(C(C)(C)C)CO2. The van der Waals surface area contributed by atoms with E-state index in [1.807, 2.05) is 45.9 Å². The van der Waals surface area contributed by atoms with Crippen molar-refractivity contribution in [3.05, 3.63) is 23.8 Å². The molecule has 0 saturated heterocycles. The highest BCUT2D eigenvalue weighted by Crippen LogP contribution is 2.61. The van der Waals surface area contributed by atoms with Crippen LogP contribution in [0.15, 0.2) is 18.2 Å². The van der Waals surface area contributed by atoms with Gasteiger partial charge in [-0.2, -0.15) is 0 Å². The van der Waals surface area contributed by atoms with Crippen molar-refractivity contribution in [2.45, 2.75) is 32.9 Å². The molecule has 0 spiro atoms. The van der Waals surface area contributed by atoms with E-state index in [0.29, 0.717) is 6.35 Å². The summed E-state index contributed by atoms with van der Waals surface area (Å²) in [6, 6.07) is 5.87. The van der Waals surface area contributed by atoms with Crippen LogP contribution in [0.5, 0.6) is 5.75 Å². The predicted octanol–water partition coefficient (Wildman–Crippen LogP) is 3.13. The average molecular weight is 224 g/mol. The molecule has 1 aliphatic heterocycles. The van der Waals surface area contributed by atoms with Gasteiger partial charge in [-0.05, 0) is 18.6 Å². The Balaban J connectivity index is 2.68. The third kappa shape index (κ3) is 1.43. The fourth-order valence-corrected chi connectivity index (χ4v) is 4.61. The highest BCUT2D eigenvalue weighted by atomic mass is 31.2. The molecule has 15 heavy (non-hydrogen) atoms. The van der Waals surface area contributed by atoms with Gasteiger partial charge in [0.15, 0.2) is 7.14 Å². The zero-order valence-corrected chi connectivity index (χ0v) is 10.6. The van der Waals surface area contributed by atoms with Crippen molar-refractivity contribution in [1.82, 2.24) is 0 Å². The molecule has 1 aromatic rings. The number of hydrogen-bond acceptors (Lipinski definition) is 2. The zero-order chi connectivity index (χ0) is 11.3. The van der Waals surface area contributed by atoms with Gasteiger partial charge in [0.1, 0.15) is 12.1 Å². The second-order valence-electron chi connectivity index (χ2n) is 5.11. The first-order chi connectivity index (χ1) is 6.86. The first kappa shape index (κ1) is 10.8. The fourth-order valence-electron chi connectivity index (χ4n) is 1.97. The summed E-state index contributed by atoms with van der Waals surface area (Å²) in [6.07, 6.45) is 0.358. The van der Waals surface area contributed by atoms with Crippen molar-refractivity contribution in [2.24, 2.45) is 0 Å². The Morgan fingerprint density at radius 1 is 1.33 bits per heavy atom. The molecule has 0 aliphatic carbocycles. The molecule has 3 heteroatoms. The molecule has 0 unspecified atom stereocenters. The Labute approximate surface area is 91.0 Å². The normalized spacial score (nSPS) is 24.8. The molecule has 2 nitrogen and oxygen atoms in total. The van der Waals surface area contributed by atoms with Gasteiger partial charge < -0.3 is 9.30 Å². The van der Waals surface area contributed by atoms with Gasteiger partial charge in [0.2, 0.25) is 0 Å². The molecular formula is C12H17O2P. The van der Waals surface area contributed by atoms with E-state index in [2.05, 4.69) is 0 Å². The van der Waals surface area contributed by atoms with Crippen LogP contribution in [0.25, 0.3) is 0 Å². The molecule has 1 aliphatic rings. The maximum atomic E-state index is 13.0. The van der Waals surface area contributed by atoms with Crippen LogP contribution in [0.2, 0.25) is 0 Å². The van der Waals surface area contributed by atoms with Gasteiger partial charge in [-0.25, -0.2) is 0 Å². The van der Waals surface area contributed by atoms with Crippen LogP contribution in [0.3, 0.4) is 0 Å². The van der Waals surface area contributed by atoms with Crippen molar-refractivity contribution in [3.8, 4) is 5.75 Å². The van der Waals surface area contributed by atoms with Crippen LogP contribution >= 0.6 is 7.14 Å². The summed E-state index contributed by atoms with van der Waals surface area (Å²) < 4.78 is 18.5. The minimum atomic E-state index is -2.40. The quantitative estimate of drug-likeness (QED) is 0.633. The predicted molar refractivity (Wildman–Crippen MR) is 63.7 cm³/mol. The van der Waals surface area contributed by atoms with E-state index < -0.39 is 7.14 Å². The number of benzene rings is 1. The van der Waals surface area contributed by atoms with E-state index in [0.717, 1.165) is 16.6 Å². The van der Waals surface area contributed by atoms with Gasteiger partial charge in [-0.3, -0.25) is 0 Å². The molecule has 1 aromatic carbocycles. The molecule has 0 bridgehead atoms. The second-order valence-corrected chi connectivity index (χ2v) is 8.63. The molecule has 1 atom stereocenters. The third-order valence-electron chi connectivity index (χ3n) is 3.05. The van der Waals surface area contributed by atoms with Crippen LogP contribution in [-0.2, 0) is 4.57 Å². The molecule has 0 aromatic heterocycles. The Morgan fingerprint density at radius 2 is 2.00 bits per heavy atom. The lowest BCUT2D eigenvalue weighted by Gasteiger charge is -2.27. The summed E-state index contributed by atoms with van der Waals surface area (Å²) in [7, 11) is -2.40. The maximum Gasteiger partial charge on any atom is 0.160 e. The monoisotopic (exact) mass is 224 g/mol. The van der Waals surface area contributed by atoms with Gasteiger partial charge in [0, 0.05) is 5.16 Å². The fraction of sp³-hybridized carbons (Fsp3) is 0.500. The van der Waals surface area contributed by atoms with Crippen molar-refractivity contribution in [1.29, 1.82) is 0 Å². The van der Waals surface area contributed by atoms with Crippen molar-refractivity contribution in [2.75, 3.05) is 6.35 Å². The van der Waals surface area contributed by atoms with Crippen molar-refractivity contribution < 1.29 is 9.30 Å². The van der Waals surface area contributed by atoms with Crippen molar-refractivity contribution >= 4 is 12.4 Å². The highest BCUT2D eigenvalue weighted by Gasteiger charge is 2.45. The number of fused-ring (bicyclic) bond motifs is 1. The Kier molecular flexibility index (Phi) is 2.24. The Hall–Kier alpha value is -0.750. The largest absolute Gasteiger partial charge is 0.485 e. The summed E-state index contributed by atoms with van der Waals surface area (Å²) >= 11 is 0. The van der Waals surface area contributed by atoms with Gasteiger partial charge in [-0.15, -0.1) is 0 Å². The summed E-state index contributed by atoms with van der Waals surface area (Å²) in [5.41, 5.74) is 1.09. The molecule has 0 saturated carbocycles. The standard InChI is InChI=1S/C12H17O2P/c1-9-6-5-7-10-11(9)15(13,8-14-10)12(2,3)4/h5-7H,8H2,1-4H3/t15-/m0/s1. The topological polar surface area (TPSA) is 26.3 Å². The van der Waals surface area contributed by atoms with E-state index in [4.69, 9.17) is 4.74 Å². The van der Waals surface area contributed by atoms with Crippen LogP contribution in [0.4, 0.5) is 0 Å². The van der Waals surface area contributed by atoms with E-state index in [-0.39, 0.29) is 5.16 Å². The maximum absolute atomic E-state index is 13.0. The lowest BCUT2D eigenvalue weighted by molar-refractivity contribution is 0.389. The summed E-state index contributed by atoms with van der Waals surface area (Å²) in [5.74, 6) is 0.813. The van der Waals surface area contributed by atoms with E-state index >= 15 is 0 Å². The lowest BCUT2D eigenvalue weighted by atomic mass is 10.2. The van der Waals surface area contributed by atoms with Crippen LogP contribution in [-0.4, -0.2) is 11.5 Å². The first-order valence-corrected chi connectivity index (χ1v) is 7.07. The second kappa shape index (κ2) is 3.12. The molecule has 2 rings (SSSR count). The molecule has 82 valence electrons. The van der Waals surface area contributed by atoms with Crippen molar-refractivity contribution in [3.63, 3.8) is 0 Å². The smallest absolute Gasteiger partial charge is 0.160 e. The van der Waals surface area contributed by atoms with Crippen LogP contribution < -0.4 is 10.0 Å². The molecule has 0 amide bonds. The Bertz CT molecular complexity index is 443. The minimum absolute atomic E-state index is 0.218. The van der Waals surface area contributed by atoms with E-state index in [1.165, 1.54) is 0 Å². The molecule has 0 radical (unpaired) electrons. The lowest BCUT2D eigenvalue weighted by Crippen LogP contribution is -2.23. The highest BCUT2D eigenvalue weighted by molar-refractivity contribution is 7.73. The average Bonchev–Trinajstić information content (AvgIpc) is 2.45. The number of ether oxygens (including phenoxy) is 1. The van der Waals surface area contributed by atoms with E-state index in [9.17, 15) is 4.57 Å². The first-order valence-electron chi connectivity index (χ1n) is 5.18. The number of aryl methyl sites for hydroxylation is 1. The van der Waals surface area contributed by atoms with Crippen LogP contribution in [0, 0.1) is 6.92 Å². The molecule has 0 N–H and O–H groups in total. The zero-order valence-electron chi connectivity index (χ0n) is 9.70. The van der Waals surface area contributed by atoms with Gasteiger partial charge in [-0.1, -0.05) is 32.9 Å². The Morgan fingerprint density at radius 3 is 2.60 bits per heavy atom. The molecule has 1 heterocycles. The molecule has 0 fully saturated rings.